The molecule has 4 rings (SSSR count). The lowest BCUT2D eigenvalue weighted by Gasteiger charge is -2.23. The van der Waals surface area contributed by atoms with E-state index in [9.17, 15) is 14.4 Å². The summed E-state index contributed by atoms with van der Waals surface area (Å²) in [6.07, 6.45) is 1.20. The molecule has 2 aromatic heterocycles. The van der Waals surface area contributed by atoms with Gasteiger partial charge in [0.1, 0.15) is 35.1 Å². The molecule has 1 aromatic carbocycles. The van der Waals surface area contributed by atoms with Gasteiger partial charge in [0, 0.05) is 25.4 Å². The molecular formula is C19H18FN7O2. The van der Waals surface area contributed by atoms with E-state index >= 15 is 0 Å². The second-order valence-electron chi connectivity index (χ2n) is 6.82. The highest BCUT2D eigenvalue weighted by atomic mass is 19.1. The van der Waals surface area contributed by atoms with Crippen LogP contribution in [0.5, 0.6) is 5.75 Å². The Morgan fingerprint density at radius 3 is 2.97 bits per heavy atom. The third-order valence-corrected chi connectivity index (χ3v) is 4.72. The number of aromatic nitrogens is 3. The maximum absolute atomic E-state index is 14.2. The molecule has 29 heavy (non-hydrogen) atoms. The highest BCUT2D eigenvalue weighted by Gasteiger charge is 2.24. The normalized spacial score (nSPS) is 16.8. The molecule has 9 nitrogen and oxygen atoms in total. The molecule has 3 N–H and O–H groups in total. The number of carbonyl (C=O) groups excluding carboxylic acids is 1. The topological polar surface area (TPSA) is 122 Å². The highest BCUT2D eigenvalue weighted by molar-refractivity contribution is 6.04. The van der Waals surface area contributed by atoms with Crippen LogP contribution in [-0.2, 0) is 6.54 Å². The van der Waals surface area contributed by atoms with Gasteiger partial charge >= 0.3 is 0 Å². The predicted octanol–water partition coefficient (Wildman–Crippen LogP) is 1.47. The molecule has 1 aliphatic heterocycles. The van der Waals surface area contributed by atoms with E-state index < -0.39 is 17.8 Å². The number of ether oxygens (including phenoxy) is 1. The van der Waals surface area contributed by atoms with Crippen molar-refractivity contribution < 1.29 is 13.9 Å². The molecule has 0 fully saturated rings. The fourth-order valence-electron chi connectivity index (χ4n) is 3.26. The van der Waals surface area contributed by atoms with Crippen LogP contribution in [0.15, 0.2) is 24.4 Å². The summed E-state index contributed by atoms with van der Waals surface area (Å²) >= 11 is 0. The van der Waals surface area contributed by atoms with Crippen molar-refractivity contribution in [2.24, 2.45) is 0 Å². The minimum absolute atomic E-state index is 0.0652. The smallest absolute Gasteiger partial charge is 0.259 e. The number of hydrogen-bond donors (Lipinski definition) is 2. The largest absolute Gasteiger partial charge is 0.488 e. The number of nitrogens with two attached hydrogens (primary N) is 1. The Hall–Kier alpha value is -3.87. The fraction of sp³-hybridized carbons (Fsp3) is 0.263. The lowest BCUT2D eigenvalue weighted by Crippen LogP contribution is -2.34. The van der Waals surface area contributed by atoms with Gasteiger partial charge in [0.2, 0.25) is 0 Å². The van der Waals surface area contributed by atoms with Crippen LogP contribution in [0.4, 0.5) is 16.0 Å². The first-order valence-corrected chi connectivity index (χ1v) is 8.91. The quantitative estimate of drug-likeness (QED) is 0.591. The summed E-state index contributed by atoms with van der Waals surface area (Å²) in [6, 6.07) is 6.29. The number of carbonyl (C=O) groups is 1. The molecule has 0 unspecified atom stereocenters. The maximum Gasteiger partial charge on any atom is 0.259 e. The van der Waals surface area contributed by atoms with Crippen LogP contribution in [0.3, 0.4) is 0 Å². The number of nitrogen functional groups attached to an aromatic ring is 1. The Morgan fingerprint density at radius 1 is 1.41 bits per heavy atom. The van der Waals surface area contributed by atoms with Crippen LogP contribution < -0.4 is 20.7 Å². The third-order valence-electron chi connectivity index (χ3n) is 4.72. The first-order chi connectivity index (χ1) is 13.9. The second kappa shape index (κ2) is 6.94. The molecule has 0 saturated carbocycles. The number of anilines is 2. The monoisotopic (exact) mass is 395 g/mol. The van der Waals surface area contributed by atoms with Crippen LogP contribution in [-0.4, -0.2) is 40.2 Å². The molecule has 148 valence electrons. The van der Waals surface area contributed by atoms with Crippen LogP contribution in [0, 0.1) is 17.1 Å². The molecule has 1 atom stereocenters. The van der Waals surface area contributed by atoms with Crippen molar-refractivity contribution in [1.82, 2.24) is 19.9 Å². The van der Waals surface area contributed by atoms with E-state index in [1.807, 2.05) is 6.07 Å². The first kappa shape index (κ1) is 18.5. The molecular weight excluding hydrogens is 377 g/mol. The summed E-state index contributed by atoms with van der Waals surface area (Å²) in [4.78, 5) is 18.9. The SMILES string of the molecule is C[C@@H]1CNC(=O)c2c(N)nn3ccc(nc23)N(C)Cc2c(ccc(F)c2C#N)O1. The number of hydrogen-bond acceptors (Lipinski definition) is 7. The van der Waals surface area contributed by atoms with Crippen LogP contribution >= 0.6 is 0 Å². The second-order valence-corrected chi connectivity index (χ2v) is 6.82. The summed E-state index contributed by atoms with van der Waals surface area (Å²) in [5.74, 6) is -0.105. The van der Waals surface area contributed by atoms with Crippen molar-refractivity contribution in [1.29, 1.82) is 5.26 Å². The van der Waals surface area contributed by atoms with Gasteiger partial charge in [-0.2, -0.15) is 5.26 Å². The van der Waals surface area contributed by atoms with Crippen molar-refractivity contribution >= 4 is 23.2 Å². The van der Waals surface area contributed by atoms with Crippen molar-refractivity contribution in [3.63, 3.8) is 0 Å². The van der Waals surface area contributed by atoms with Gasteiger partial charge in [-0.3, -0.25) is 4.79 Å². The minimum Gasteiger partial charge on any atom is -0.488 e. The molecule has 3 aromatic rings. The molecule has 0 saturated heterocycles. The van der Waals surface area contributed by atoms with Gasteiger partial charge in [0.05, 0.1) is 12.1 Å². The number of nitrogens with one attached hydrogen (secondary N) is 1. The molecule has 3 heterocycles. The highest BCUT2D eigenvalue weighted by Crippen LogP contribution is 2.29. The van der Waals surface area contributed by atoms with E-state index in [0.29, 0.717) is 22.8 Å². The van der Waals surface area contributed by atoms with Crippen LogP contribution in [0.1, 0.15) is 28.4 Å². The molecule has 0 radical (unpaired) electrons. The summed E-state index contributed by atoms with van der Waals surface area (Å²) < 4.78 is 21.6. The van der Waals surface area contributed by atoms with Gasteiger partial charge in [0.15, 0.2) is 11.5 Å². The van der Waals surface area contributed by atoms with Crippen molar-refractivity contribution in [3.05, 3.63) is 46.9 Å². The Labute approximate surface area is 165 Å². The summed E-state index contributed by atoms with van der Waals surface area (Å²) in [7, 11) is 1.75. The molecule has 0 aliphatic carbocycles. The molecule has 2 bridgehead atoms. The molecule has 1 amide bonds. The Balaban J connectivity index is 1.89. The fourth-order valence-corrected chi connectivity index (χ4v) is 3.26. The number of halogens is 1. The summed E-state index contributed by atoms with van der Waals surface area (Å²) in [5, 5.41) is 16.4. The summed E-state index contributed by atoms with van der Waals surface area (Å²) in [5.41, 5.74) is 6.73. The Bertz CT molecular complexity index is 1170. The maximum atomic E-state index is 14.2. The van der Waals surface area contributed by atoms with Gasteiger partial charge < -0.3 is 20.7 Å². The van der Waals surface area contributed by atoms with E-state index in [0.717, 1.165) is 0 Å². The molecule has 10 heteroatoms. The van der Waals surface area contributed by atoms with Crippen molar-refractivity contribution in [3.8, 4) is 11.8 Å². The summed E-state index contributed by atoms with van der Waals surface area (Å²) in [6.45, 7) is 2.11. The Morgan fingerprint density at radius 2 is 2.21 bits per heavy atom. The van der Waals surface area contributed by atoms with Gasteiger partial charge in [0.25, 0.3) is 5.91 Å². The van der Waals surface area contributed by atoms with Gasteiger partial charge in [-0.05, 0) is 25.1 Å². The number of nitriles is 1. The lowest BCUT2D eigenvalue weighted by atomic mass is 10.1. The number of benzene rings is 1. The predicted molar refractivity (Wildman–Crippen MR) is 103 cm³/mol. The van der Waals surface area contributed by atoms with Crippen molar-refractivity contribution in [2.75, 3.05) is 24.2 Å². The van der Waals surface area contributed by atoms with E-state index in [1.165, 1.54) is 16.6 Å². The average Bonchev–Trinajstić information content (AvgIpc) is 3.02. The Kier molecular flexibility index (Phi) is 4.43. The van der Waals surface area contributed by atoms with E-state index in [1.54, 1.807) is 31.1 Å². The van der Waals surface area contributed by atoms with E-state index in [4.69, 9.17) is 10.5 Å². The standard InChI is InChI=1S/C19H18FN7O2/c1-10-8-23-19(28)16-17(22)25-27-6-5-15(24-18(16)27)26(2)9-12-11(7-21)13(20)3-4-14(12)29-10/h3-6,10H,8-9H2,1-2H3,(H2,22,25)(H,23,28)/t10-/m1/s1. The number of fused-ring (bicyclic) bond motifs is 2. The molecule has 0 spiro atoms. The zero-order valence-corrected chi connectivity index (χ0v) is 15.8. The third kappa shape index (κ3) is 3.16. The van der Waals surface area contributed by atoms with Gasteiger partial charge in [-0.15, -0.1) is 5.10 Å². The van der Waals surface area contributed by atoms with Crippen LogP contribution in [0.2, 0.25) is 0 Å². The van der Waals surface area contributed by atoms with Gasteiger partial charge in [-0.25, -0.2) is 13.9 Å². The zero-order chi connectivity index (χ0) is 20.7. The molecule has 1 aliphatic rings. The minimum atomic E-state index is -0.622. The van der Waals surface area contributed by atoms with Crippen molar-refractivity contribution in [2.45, 2.75) is 19.6 Å². The van der Waals surface area contributed by atoms with Crippen LogP contribution in [0.25, 0.3) is 5.65 Å². The number of nitrogens with zero attached hydrogens (tertiary/aromatic N) is 5. The number of rotatable bonds is 0. The van der Waals surface area contributed by atoms with Gasteiger partial charge in [-0.1, -0.05) is 0 Å². The average molecular weight is 395 g/mol. The van der Waals surface area contributed by atoms with E-state index in [2.05, 4.69) is 15.4 Å². The number of amides is 1. The zero-order valence-electron chi connectivity index (χ0n) is 15.8. The lowest BCUT2D eigenvalue weighted by molar-refractivity contribution is 0.0934. The van der Waals surface area contributed by atoms with E-state index in [-0.39, 0.29) is 30.0 Å². The first-order valence-electron chi connectivity index (χ1n) is 8.91.